The van der Waals surface area contributed by atoms with Crippen LogP contribution in [-0.2, 0) is 23.2 Å². The number of hydrogen-bond donors (Lipinski definition) is 1. The average molecular weight is 475 g/mol. The second-order valence-electron chi connectivity index (χ2n) is 10.3. The highest BCUT2D eigenvalue weighted by molar-refractivity contribution is 5.80. The summed E-state index contributed by atoms with van der Waals surface area (Å²) in [6, 6.07) is 22.8. The molecule has 0 saturated carbocycles. The van der Waals surface area contributed by atoms with E-state index in [1.54, 1.807) is 19.2 Å². The van der Waals surface area contributed by atoms with Gasteiger partial charge in [0, 0.05) is 12.1 Å². The van der Waals surface area contributed by atoms with Crippen LogP contribution in [0.5, 0.6) is 5.75 Å². The molecule has 1 fully saturated rings. The van der Waals surface area contributed by atoms with E-state index < -0.39 is 0 Å². The fourth-order valence-corrected chi connectivity index (χ4v) is 4.89. The number of likely N-dealkylation sites (tertiary alicyclic amines) is 1. The van der Waals surface area contributed by atoms with Gasteiger partial charge in [-0.15, -0.1) is 0 Å². The fraction of sp³-hybridized carbons (Fsp3) is 0.367. The minimum atomic E-state index is -0.322. The van der Waals surface area contributed by atoms with E-state index in [-0.39, 0.29) is 35.8 Å². The number of carbonyl (C=O) groups excluding carboxylic acids is 1. The number of rotatable bonds is 7. The first-order valence-electron chi connectivity index (χ1n) is 12.3. The second kappa shape index (κ2) is 10.6. The number of hydrogen-bond acceptors (Lipinski definition) is 3. The molecule has 1 saturated heterocycles. The number of nitrogens with one attached hydrogen (secondary N) is 1. The number of amides is 1. The molecular formula is C30H35FN2O2. The van der Waals surface area contributed by atoms with Crippen LogP contribution in [0.25, 0.3) is 0 Å². The Morgan fingerprint density at radius 2 is 1.80 bits per heavy atom. The van der Waals surface area contributed by atoms with Crippen molar-refractivity contribution < 1.29 is 13.9 Å². The van der Waals surface area contributed by atoms with Crippen LogP contribution in [0.2, 0.25) is 0 Å². The maximum Gasteiger partial charge on any atom is 0.228 e. The molecule has 2 atom stereocenters. The van der Waals surface area contributed by atoms with Crippen molar-refractivity contribution in [3.8, 4) is 5.75 Å². The average Bonchev–Trinajstić information content (AvgIpc) is 3.26. The maximum absolute atomic E-state index is 13.8. The van der Waals surface area contributed by atoms with Crippen molar-refractivity contribution in [1.29, 1.82) is 0 Å². The Bertz CT molecular complexity index is 1160. The highest BCUT2D eigenvalue weighted by Crippen LogP contribution is 2.36. The van der Waals surface area contributed by atoms with E-state index in [1.807, 2.05) is 29.2 Å². The van der Waals surface area contributed by atoms with Crippen LogP contribution in [0.4, 0.5) is 4.39 Å². The van der Waals surface area contributed by atoms with Crippen LogP contribution < -0.4 is 10.1 Å². The smallest absolute Gasteiger partial charge is 0.228 e. The zero-order valence-electron chi connectivity index (χ0n) is 21.1. The standard InChI is InChI=1S/C30H35FN2O2/c1-30(2,3)24-13-15-27(35-4)23(19-24)20-32-28-16-14-26(22-10-6-5-7-11-22)33(28)29(34)18-21-9-8-12-25(31)17-21/h5-13,15,17,19,26,28,32H,14,16,18,20H2,1-4H3. The van der Waals surface area contributed by atoms with E-state index >= 15 is 0 Å². The van der Waals surface area contributed by atoms with Crippen molar-refractivity contribution >= 4 is 5.91 Å². The highest BCUT2D eigenvalue weighted by Gasteiger charge is 2.37. The highest BCUT2D eigenvalue weighted by atomic mass is 19.1. The largest absolute Gasteiger partial charge is 0.496 e. The molecule has 4 rings (SSSR count). The number of nitrogens with zero attached hydrogens (tertiary/aromatic N) is 1. The minimum Gasteiger partial charge on any atom is -0.496 e. The summed E-state index contributed by atoms with van der Waals surface area (Å²) < 4.78 is 19.4. The van der Waals surface area contributed by atoms with Gasteiger partial charge >= 0.3 is 0 Å². The van der Waals surface area contributed by atoms with Gasteiger partial charge in [-0.25, -0.2) is 4.39 Å². The summed E-state index contributed by atoms with van der Waals surface area (Å²) in [7, 11) is 1.69. The van der Waals surface area contributed by atoms with Crippen LogP contribution in [0.15, 0.2) is 72.8 Å². The molecule has 0 aliphatic carbocycles. The molecule has 0 radical (unpaired) electrons. The maximum atomic E-state index is 13.8. The Kier molecular flexibility index (Phi) is 7.56. The number of carbonyl (C=O) groups is 1. The molecular weight excluding hydrogens is 439 g/mol. The molecule has 1 N–H and O–H groups in total. The zero-order chi connectivity index (χ0) is 25.0. The van der Waals surface area contributed by atoms with Gasteiger partial charge in [-0.05, 0) is 53.1 Å². The summed E-state index contributed by atoms with van der Waals surface area (Å²) in [5.41, 5.74) is 4.15. The lowest BCUT2D eigenvalue weighted by atomic mass is 9.86. The van der Waals surface area contributed by atoms with Gasteiger partial charge < -0.3 is 9.64 Å². The molecule has 1 aliphatic heterocycles. The van der Waals surface area contributed by atoms with Gasteiger partial charge in [0.2, 0.25) is 5.91 Å². The normalized spacial score (nSPS) is 18.0. The lowest BCUT2D eigenvalue weighted by Crippen LogP contribution is -2.46. The van der Waals surface area contributed by atoms with Crippen molar-refractivity contribution in [2.45, 2.75) is 64.2 Å². The molecule has 3 aromatic carbocycles. The van der Waals surface area contributed by atoms with Gasteiger partial charge in [0.15, 0.2) is 0 Å². The Hall–Kier alpha value is -3.18. The quantitative estimate of drug-likeness (QED) is 0.446. The van der Waals surface area contributed by atoms with Gasteiger partial charge in [-0.3, -0.25) is 10.1 Å². The van der Waals surface area contributed by atoms with Crippen molar-refractivity contribution in [2.24, 2.45) is 0 Å². The molecule has 0 spiro atoms. The molecule has 0 bridgehead atoms. The molecule has 2 unspecified atom stereocenters. The van der Waals surface area contributed by atoms with Crippen molar-refractivity contribution in [3.05, 3.63) is 101 Å². The van der Waals surface area contributed by atoms with Gasteiger partial charge in [-0.1, -0.05) is 75.4 Å². The summed E-state index contributed by atoms with van der Waals surface area (Å²) in [6.07, 6.45) is 1.76. The fourth-order valence-electron chi connectivity index (χ4n) is 4.89. The van der Waals surface area contributed by atoms with Crippen LogP contribution in [-0.4, -0.2) is 24.1 Å². The number of methoxy groups -OCH3 is 1. The molecule has 1 heterocycles. The first-order valence-corrected chi connectivity index (χ1v) is 12.3. The molecule has 3 aromatic rings. The molecule has 184 valence electrons. The lowest BCUT2D eigenvalue weighted by Gasteiger charge is -2.32. The van der Waals surface area contributed by atoms with E-state index in [4.69, 9.17) is 4.74 Å². The molecule has 35 heavy (non-hydrogen) atoms. The summed E-state index contributed by atoms with van der Waals surface area (Å²) in [4.78, 5) is 15.5. The predicted molar refractivity (Wildman–Crippen MR) is 138 cm³/mol. The van der Waals surface area contributed by atoms with E-state index in [2.05, 4.69) is 50.4 Å². The lowest BCUT2D eigenvalue weighted by molar-refractivity contribution is -0.134. The molecule has 0 aromatic heterocycles. The summed E-state index contributed by atoms with van der Waals surface area (Å²) in [5, 5.41) is 3.63. The Balaban J connectivity index is 1.58. The Labute approximate surface area is 208 Å². The predicted octanol–water partition coefficient (Wildman–Crippen LogP) is 6.15. The van der Waals surface area contributed by atoms with E-state index in [9.17, 15) is 9.18 Å². The number of halogens is 1. The van der Waals surface area contributed by atoms with Crippen LogP contribution >= 0.6 is 0 Å². The SMILES string of the molecule is COc1ccc(C(C)(C)C)cc1CNC1CCC(c2ccccc2)N1C(=O)Cc1cccc(F)c1. The van der Waals surface area contributed by atoms with E-state index in [1.165, 1.54) is 17.7 Å². The van der Waals surface area contributed by atoms with Gasteiger partial charge in [0.1, 0.15) is 11.6 Å². The van der Waals surface area contributed by atoms with Crippen LogP contribution in [0.1, 0.15) is 61.9 Å². The van der Waals surface area contributed by atoms with Crippen molar-refractivity contribution in [3.63, 3.8) is 0 Å². The summed E-state index contributed by atoms with van der Waals surface area (Å²) in [6.45, 7) is 7.17. The number of benzene rings is 3. The first kappa shape index (κ1) is 24.9. The molecule has 1 amide bonds. The van der Waals surface area contributed by atoms with Gasteiger partial charge in [0.25, 0.3) is 0 Å². The third-order valence-electron chi connectivity index (χ3n) is 6.78. The monoisotopic (exact) mass is 474 g/mol. The van der Waals surface area contributed by atoms with Gasteiger partial charge in [-0.2, -0.15) is 0 Å². The first-order chi connectivity index (χ1) is 16.8. The molecule has 5 heteroatoms. The minimum absolute atomic E-state index is 0.00476. The molecule has 1 aliphatic rings. The zero-order valence-corrected chi connectivity index (χ0v) is 21.1. The number of ether oxygens (including phenoxy) is 1. The molecule has 4 nitrogen and oxygen atoms in total. The third kappa shape index (κ3) is 5.91. The Morgan fingerprint density at radius 3 is 2.49 bits per heavy atom. The Morgan fingerprint density at radius 1 is 1.03 bits per heavy atom. The van der Waals surface area contributed by atoms with Crippen LogP contribution in [0, 0.1) is 5.82 Å². The second-order valence-corrected chi connectivity index (χ2v) is 10.3. The summed E-state index contributed by atoms with van der Waals surface area (Å²) >= 11 is 0. The van der Waals surface area contributed by atoms with Crippen molar-refractivity contribution in [1.82, 2.24) is 10.2 Å². The summed E-state index contributed by atoms with van der Waals surface area (Å²) in [5.74, 6) is 0.507. The van der Waals surface area contributed by atoms with E-state index in [0.29, 0.717) is 12.1 Å². The topological polar surface area (TPSA) is 41.6 Å². The van der Waals surface area contributed by atoms with Crippen molar-refractivity contribution in [2.75, 3.05) is 7.11 Å². The van der Waals surface area contributed by atoms with Gasteiger partial charge in [0.05, 0.1) is 25.7 Å². The van der Waals surface area contributed by atoms with Crippen LogP contribution in [0.3, 0.4) is 0 Å². The third-order valence-corrected chi connectivity index (χ3v) is 6.78. The van der Waals surface area contributed by atoms with E-state index in [0.717, 1.165) is 29.7 Å².